The summed E-state index contributed by atoms with van der Waals surface area (Å²) in [6.07, 6.45) is 7.00. The summed E-state index contributed by atoms with van der Waals surface area (Å²) in [5.41, 5.74) is 0. The van der Waals surface area contributed by atoms with Crippen molar-refractivity contribution in [3.05, 3.63) is 0 Å². The first-order valence-electron chi connectivity index (χ1n) is 10.8. The van der Waals surface area contributed by atoms with Gasteiger partial charge in [0.15, 0.2) is 5.79 Å². The summed E-state index contributed by atoms with van der Waals surface area (Å²) in [6.45, 7) is 7.37. The van der Waals surface area contributed by atoms with Gasteiger partial charge in [0.1, 0.15) is 0 Å². The zero-order valence-electron chi connectivity index (χ0n) is 17.5. The average molecular weight is 383 g/mol. The average Bonchev–Trinajstić information content (AvgIpc) is 3.09. The molecule has 1 saturated carbocycles. The van der Waals surface area contributed by atoms with Gasteiger partial charge in [0.25, 0.3) is 0 Å². The van der Waals surface area contributed by atoms with E-state index < -0.39 is 0 Å². The first-order valence-corrected chi connectivity index (χ1v) is 10.8. The lowest BCUT2D eigenvalue weighted by atomic mass is 9.72. The molecule has 2 heterocycles. The Morgan fingerprint density at radius 3 is 2.81 bits per heavy atom. The van der Waals surface area contributed by atoms with E-state index >= 15 is 0 Å². The van der Waals surface area contributed by atoms with Gasteiger partial charge in [-0.1, -0.05) is 6.92 Å². The highest BCUT2D eigenvalue weighted by Crippen LogP contribution is 2.45. The number of nitrogens with zero attached hydrogens (tertiary/aromatic N) is 2. The molecule has 3 fully saturated rings. The topological polar surface area (TPSA) is 51.2 Å². The Bertz CT molecular complexity index is 481. The van der Waals surface area contributed by atoms with E-state index in [2.05, 4.69) is 11.8 Å². The van der Waals surface area contributed by atoms with E-state index in [1.54, 1.807) is 7.11 Å². The van der Waals surface area contributed by atoms with Gasteiger partial charge in [-0.05, 0) is 44.1 Å². The Labute approximate surface area is 164 Å². The van der Waals surface area contributed by atoms with Gasteiger partial charge in [0.05, 0.1) is 13.2 Å². The summed E-state index contributed by atoms with van der Waals surface area (Å²) >= 11 is 0. The van der Waals surface area contributed by atoms with E-state index in [-0.39, 0.29) is 11.7 Å². The smallest absolute Gasteiger partial charge is 0.222 e. The van der Waals surface area contributed by atoms with Crippen LogP contribution in [0.3, 0.4) is 0 Å². The lowest BCUT2D eigenvalue weighted by molar-refractivity contribution is -0.203. The molecule has 27 heavy (non-hydrogen) atoms. The van der Waals surface area contributed by atoms with Gasteiger partial charge in [-0.3, -0.25) is 9.69 Å². The maximum atomic E-state index is 12.7. The highest BCUT2D eigenvalue weighted by Gasteiger charge is 2.48. The van der Waals surface area contributed by atoms with Crippen LogP contribution >= 0.6 is 0 Å². The van der Waals surface area contributed by atoms with E-state index in [1.165, 1.54) is 6.42 Å². The molecule has 0 bridgehead atoms. The zero-order chi connectivity index (χ0) is 19.3. The second kappa shape index (κ2) is 9.68. The number of carbonyl (C=O) groups is 1. The summed E-state index contributed by atoms with van der Waals surface area (Å²) in [4.78, 5) is 17.2. The van der Waals surface area contributed by atoms with Gasteiger partial charge in [-0.15, -0.1) is 0 Å². The van der Waals surface area contributed by atoms with Crippen molar-refractivity contribution in [3.63, 3.8) is 0 Å². The minimum Gasteiger partial charge on any atom is -0.385 e. The Morgan fingerprint density at radius 1 is 1.33 bits per heavy atom. The Kier molecular flexibility index (Phi) is 7.54. The molecule has 156 valence electrons. The van der Waals surface area contributed by atoms with Gasteiger partial charge < -0.3 is 19.1 Å². The Balaban J connectivity index is 1.58. The predicted molar refractivity (Wildman–Crippen MR) is 104 cm³/mol. The van der Waals surface area contributed by atoms with E-state index in [0.29, 0.717) is 30.9 Å². The molecule has 0 aromatic rings. The molecular weight excluding hydrogens is 344 g/mol. The van der Waals surface area contributed by atoms with Gasteiger partial charge in [-0.2, -0.15) is 0 Å². The molecule has 3 rings (SSSR count). The number of methoxy groups -OCH3 is 1. The molecular formula is C21H38N2O4. The SMILES string of the molecule is CCCN1C[C@@H](CC(=O)N(C)CCCOC)C[C@@H]2CC3(CC[C@H]21)OCCO3. The summed E-state index contributed by atoms with van der Waals surface area (Å²) in [7, 11) is 3.63. The highest BCUT2D eigenvalue weighted by molar-refractivity contribution is 5.76. The maximum absolute atomic E-state index is 12.7. The largest absolute Gasteiger partial charge is 0.385 e. The molecule has 6 nitrogen and oxygen atoms in total. The molecule has 0 unspecified atom stereocenters. The molecule has 2 saturated heterocycles. The van der Waals surface area contributed by atoms with Crippen LogP contribution in [-0.2, 0) is 19.0 Å². The molecule has 0 aromatic carbocycles. The zero-order valence-corrected chi connectivity index (χ0v) is 17.5. The van der Waals surface area contributed by atoms with Gasteiger partial charge in [-0.25, -0.2) is 0 Å². The number of amides is 1. The number of hydrogen-bond donors (Lipinski definition) is 0. The number of carbonyl (C=O) groups excluding carboxylic acids is 1. The van der Waals surface area contributed by atoms with Crippen molar-refractivity contribution >= 4 is 5.91 Å². The standard InChI is InChI=1S/C21H38N2O4/c1-4-8-23-16-17(14-20(24)22(2)9-5-10-25-3)13-18-15-21(7-6-19(18)23)26-11-12-27-21/h17-19H,4-16H2,1-3H3/t17-,18-,19-/m1/s1. The molecule has 3 aliphatic rings. The summed E-state index contributed by atoms with van der Waals surface area (Å²) in [5.74, 6) is 0.951. The minimum absolute atomic E-state index is 0.268. The highest BCUT2D eigenvalue weighted by atomic mass is 16.7. The fraction of sp³-hybridized carbons (Fsp3) is 0.952. The van der Waals surface area contributed by atoms with Gasteiger partial charge >= 0.3 is 0 Å². The third-order valence-corrected chi connectivity index (χ3v) is 6.59. The fourth-order valence-corrected chi connectivity index (χ4v) is 5.36. The third-order valence-electron chi connectivity index (χ3n) is 6.59. The number of hydrogen-bond acceptors (Lipinski definition) is 5. The van der Waals surface area contributed by atoms with Crippen LogP contribution in [0.1, 0.15) is 51.9 Å². The van der Waals surface area contributed by atoms with Crippen molar-refractivity contribution in [1.82, 2.24) is 9.80 Å². The van der Waals surface area contributed by atoms with Crippen molar-refractivity contribution in [2.75, 3.05) is 53.6 Å². The molecule has 0 aromatic heterocycles. The molecule has 3 atom stereocenters. The number of ether oxygens (including phenoxy) is 3. The predicted octanol–water partition coefficient (Wildman–Crippen LogP) is 2.52. The van der Waals surface area contributed by atoms with E-state index in [4.69, 9.17) is 14.2 Å². The van der Waals surface area contributed by atoms with Crippen LogP contribution < -0.4 is 0 Å². The number of rotatable bonds is 8. The fourth-order valence-electron chi connectivity index (χ4n) is 5.36. The normalized spacial score (nSPS) is 30.4. The summed E-state index contributed by atoms with van der Waals surface area (Å²) in [6, 6.07) is 0.633. The molecule has 0 N–H and O–H groups in total. The van der Waals surface area contributed by atoms with Gasteiger partial charge in [0, 0.05) is 59.2 Å². The van der Waals surface area contributed by atoms with Crippen LogP contribution in [-0.4, -0.2) is 81.1 Å². The molecule has 6 heteroatoms. The van der Waals surface area contributed by atoms with E-state index in [9.17, 15) is 4.79 Å². The molecule has 1 spiro atoms. The first kappa shape index (κ1) is 21.0. The molecule has 0 radical (unpaired) electrons. The molecule has 2 aliphatic heterocycles. The van der Waals surface area contributed by atoms with Crippen molar-refractivity contribution < 1.29 is 19.0 Å². The van der Waals surface area contributed by atoms with Crippen molar-refractivity contribution in [1.29, 1.82) is 0 Å². The second-order valence-electron chi connectivity index (χ2n) is 8.64. The minimum atomic E-state index is -0.331. The van der Waals surface area contributed by atoms with E-state index in [0.717, 1.165) is 65.0 Å². The van der Waals surface area contributed by atoms with Gasteiger partial charge in [0.2, 0.25) is 5.91 Å². The summed E-state index contributed by atoms with van der Waals surface area (Å²) < 4.78 is 17.1. The van der Waals surface area contributed by atoms with E-state index in [1.807, 2.05) is 11.9 Å². The van der Waals surface area contributed by atoms with Crippen LogP contribution in [0.25, 0.3) is 0 Å². The van der Waals surface area contributed by atoms with Crippen LogP contribution in [0.4, 0.5) is 0 Å². The number of likely N-dealkylation sites (tertiary alicyclic amines) is 1. The molecule has 1 amide bonds. The third kappa shape index (κ3) is 5.22. The Morgan fingerprint density at radius 2 is 2.11 bits per heavy atom. The quantitative estimate of drug-likeness (QED) is 0.604. The second-order valence-corrected chi connectivity index (χ2v) is 8.64. The van der Waals surface area contributed by atoms with Crippen molar-refractivity contribution in [2.24, 2.45) is 11.8 Å². The lowest BCUT2D eigenvalue weighted by Gasteiger charge is -2.51. The number of piperidine rings is 1. The van der Waals surface area contributed by atoms with Crippen molar-refractivity contribution in [3.8, 4) is 0 Å². The first-order chi connectivity index (χ1) is 13.1. The Hall–Kier alpha value is -0.690. The van der Waals surface area contributed by atoms with Crippen LogP contribution in [0.15, 0.2) is 0 Å². The number of fused-ring (bicyclic) bond motifs is 1. The molecule has 1 aliphatic carbocycles. The van der Waals surface area contributed by atoms with Crippen LogP contribution in [0, 0.1) is 11.8 Å². The van der Waals surface area contributed by atoms with Crippen LogP contribution in [0.2, 0.25) is 0 Å². The monoisotopic (exact) mass is 382 g/mol. The van der Waals surface area contributed by atoms with Crippen molar-refractivity contribution in [2.45, 2.75) is 63.7 Å². The van der Waals surface area contributed by atoms with Crippen LogP contribution in [0.5, 0.6) is 0 Å². The summed E-state index contributed by atoms with van der Waals surface area (Å²) in [5, 5.41) is 0. The lowest BCUT2D eigenvalue weighted by Crippen LogP contribution is -2.55. The maximum Gasteiger partial charge on any atom is 0.222 e.